The summed E-state index contributed by atoms with van der Waals surface area (Å²) in [5.74, 6) is -2.21. The van der Waals surface area contributed by atoms with E-state index in [9.17, 15) is 41.0 Å². The standard InChI is InChI=1S/C21H14ClF6N3O3/c1-10-7-11(9-31-16(21(26,27)28)8-15(30-31)20(23,24)25)5-6-14(10)29-18(32)17-12(19(33)34)3-2-4-13(17)22/h2-8H,9H2,1H3,(H,29,32)(H,33,34). The number of hydrogen-bond acceptors (Lipinski definition) is 3. The van der Waals surface area contributed by atoms with Gasteiger partial charge in [-0.3, -0.25) is 9.48 Å². The average Bonchev–Trinajstić information content (AvgIpc) is 3.14. The number of hydrogen-bond donors (Lipinski definition) is 2. The minimum absolute atomic E-state index is 0.0644. The molecule has 2 N–H and O–H groups in total. The quantitative estimate of drug-likeness (QED) is 0.424. The number of carbonyl (C=O) groups is 2. The predicted octanol–water partition coefficient (Wildman–Crippen LogP) is 5.88. The van der Waals surface area contributed by atoms with Gasteiger partial charge >= 0.3 is 18.3 Å². The van der Waals surface area contributed by atoms with Gasteiger partial charge < -0.3 is 10.4 Å². The Balaban J connectivity index is 1.88. The Labute approximate surface area is 192 Å². The first-order chi connectivity index (χ1) is 15.7. The second-order valence-corrected chi connectivity index (χ2v) is 7.55. The molecule has 6 nitrogen and oxygen atoms in total. The zero-order chi connectivity index (χ0) is 25.4. The van der Waals surface area contributed by atoms with Gasteiger partial charge in [0.15, 0.2) is 5.69 Å². The van der Waals surface area contributed by atoms with Crippen LogP contribution in [0.25, 0.3) is 0 Å². The highest BCUT2D eigenvalue weighted by atomic mass is 35.5. The lowest BCUT2D eigenvalue weighted by Gasteiger charge is -2.14. The van der Waals surface area contributed by atoms with Crippen molar-refractivity contribution >= 4 is 29.2 Å². The second-order valence-electron chi connectivity index (χ2n) is 7.14. The number of benzene rings is 2. The number of rotatable bonds is 5. The van der Waals surface area contributed by atoms with Crippen molar-refractivity contribution in [1.82, 2.24) is 9.78 Å². The van der Waals surface area contributed by atoms with Gasteiger partial charge in [0.2, 0.25) is 0 Å². The van der Waals surface area contributed by atoms with Crippen molar-refractivity contribution < 1.29 is 41.0 Å². The summed E-state index contributed by atoms with van der Waals surface area (Å²) in [4.78, 5) is 24.0. The van der Waals surface area contributed by atoms with E-state index in [2.05, 4.69) is 10.4 Å². The molecular weight excluding hydrogens is 492 g/mol. The number of alkyl halides is 6. The summed E-state index contributed by atoms with van der Waals surface area (Å²) in [6.07, 6.45) is -10.1. The lowest BCUT2D eigenvalue weighted by Crippen LogP contribution is -2.18. The van der Waals surface area contributed by atoms with Gasteiger partial charge in [-0.05, 0) is 36.2 Å². The van der Waals surface area contributed by atoms with Crippen LogP contribution < -0.4 is 5.32 Å². The summed E-state index contributed by atoms with van der Waals surface area (Å²) in [7, 11) is 0. The molecule has 0 radical (unpaired) electrons. The van der Waals surface area contributed by atoms with Crippen molar-refractivity contribution in [1.29, 1.82) is 0 Å². The number of anilines is 1. The topological polar surface area (TPSA) is 84.2 Å². The Morgan fingerprint density at radius 1 is 1.06 bits per heavy atom. The van der Waals surface area contributed by atoms with Crippen molar-refractivity contribution in [2.45, 2.75) is 25.8 Å². The van der Waals surface area contributed by atoms with E-state index in [-0.39, 0.29) is 38.1 Å². The van der Waals surface area contributed by atoms with Crippen molar-refractivity contribution in [2.24, 2.45) is 0 Å². The number of aryl methyl sites for hydroxylation is 1. The highest BCUT2D eigenvalue weighted by molar-refractivity contribution is 6.35. The van der Waals surface area contributed by atoms with E-state index in [1.165, 1.54) is 43.3 Å². The van der Waals surface area contributed by atoms with Gasteiger partial charge in [0.1, 0.15) is 5.69 Å². The van der Waals surface area contributed by atoms with Crippen LogP contribution in [0.1, 0.15) is 43.2 Å². The molecule has 0 aliphatic heterocycles. The molecule has 0 aliphatic rings. The number of carboxylic acids is 1. The Bertz CT molecular complexity index is 1270. The first-order valence-corrected chi connectivity index (χ1v) is 9.71. The molecule has 0 spiro atoms. The molecule has 180 valence electrons. The van der Waals surface area contributed by atoms with Crippen molar-refractivity contribution in [3.8, 4) is 0 Å². The number of halogens is 7. The second kappa shape index (κ2) is 9.01. The van der Waals surface area contributed by atoms with Gasteiger partial charge in [-0.25, -0.2) is 4.79 Å². The molecule has 1 aromatic heterocycles. The third-order valence-corrected chi connectivity index (χ3v) is 5.02. The number of carbonyl (C=O) groups excluding carboxylic acids is 1. The highest BCUT2D eigenvalue weighted by Gasteiger charge is 2.41. The fourth-order valence-corrected chi connectivity index (χ4v) is 3.42. The maximum absolute atomic E-state index is 13.2. The molecule has 0 saturated carbocycles. The fraction of sp³-hybridized carbons (Fsp3) is 0.190. The smallest absolute Gasteiger partial charge is 0.435 e. The van der Waals surface area contributed by atoms with E-state index in [0.717, 1.165) is 0 Å². The monoisotopic (exact) mass is 505 g/mol. The molecule has 13 heteroatoms. The Hall–Kier alpha value is -3.54. The molecule has 0 saturated heterocycles. The Kier molecular flexibility index (Phi) is 6.65. The fourth-order valence-electron chi connectivity index (χ4n) is 3.16. The lowest BCUT2D eigenvalue weighted by molar-refractivity contribution is -0.144. The number of aromatic carboxylic acids is 1. The predicted molar refractivity (Wildman–Crippen MR) is 109 cm³/mol. The number of nitrogens with zero attached hydrogens (tertiary/aromatic N) is 2. The normalized spacial score (nSPS) is 12.0. The van der Waals surface area contributed by atoms with E-state index < -0.39 is 42.2 Å². The van der Waals surface area contributed by atoms with Gasteiger partial charge in [-0.2, -0.15) is 31.4 Å². The van der Waals surface area contributed by atoms with E-state index in [4.69, 9.17) is 11.6 Å². The third-order valence-electron chi connectivity index (χ3n) is 4.70. The zero-order valence-electron chi connectivity index (χ0n) is 17.1. The molecule has 34 heavy (non-hydrogen) atoms. The zero-order valence-corrected chi connectivity index (χ0v) is 17.8. The van der Waals surface area contributed by atoms with Crippen LogP contribution in [0.2, 0.25) is 5.02 Å². The maximum atomic E-state index is 13.2. The number of aromatic nitrogens is 2. The van der Waals surface area contributed by atoms with E-state index >= 15 is 0 Å². The van der Waals surface area contributed by atoms with Crippen LogP contribution in [0.3, 0.4) is 0 Å². The van der Waals surface area contributed by atoms with Crippen LogP contribution in [0.5, 0.6) is 0 Å². The SMILES string of the molecule is Cc1cc(Cn2nc(C(F)(F)F)cc2C(F)(F)F)ccc1NC(=O)c1c(Cl)cccc1C(=O)O. The molecule has 3 aromatic rings. The van der Waals surface area contributed by atoms with Crippen LogP contribution in [0.15, 0.2) is 42.5 Å². The van der Waals surface area contributed by atoms with Crippen molar-refractivity contribution in [3.05, 3.63) is 81.1 Å². The van der Waals surface area contributed by atoms with Gasteiger partial charge in [0.25, 0.3) is 5.91 Å². The molecule has 1 amide bonds. The summed E-state index contributed by atoms with van der Waals surface area (Å²) in [5, 5.41) is 14.7. The third kappa shape index (κ3) is 5.33. The van der Waals surface area contributed by atoms with Crippen LogP contribution in [0, 0.1) is 6.92 Å². The van der Waals surface area contributed by atoms with E-state index in [1.807, 2.05) is 0 Å². The molecule has 0 unspecified atom stereocenters. The number of nitrogens with one attached hydrogen (secondary N) is 1. The number of amides is 1. The van der Waals surface area contributed by atoms with Crippen molar-refractivity contribution in [2.75, 3.05) is 5.32 Å². The van der Waals surface area contributed by atoms with Crippen LogP contribution in [-0.2, 0) is 18.9 Å². The first kappa shape index (κ1) is 25.1. The largest absolute Gasteiger partial charge is 0.478 e. The minimum atomic E-state index is -5.06. The summed E-state index contributed by atoms with van der Waals surface area (Å²) in [6, 6.07) is 7.79. The van der Waals surface area contributed by atoms with Gasteiger partial charge in [-0.1, -0.05) is 29.8 Å². The summed E-state index contributed by atoms with van der Waals surface area (Å²) >= 11 is 5.97. The molecule has 0 atom stereocenters. The molecule has 1 heterocycles. The van der Waals surface area contributed by atoms with Gasteiger partial charge in [-0.15, -0.1) is 0 Å². The van der Waals surface area contributed by atoms with Gasteiger partial charge in [0, 0.05) is 11.8 Å². The molecule has 3 rings (SSSR count). The first-order valence-electron chi connectivity index (χ1n) is 9.33. The average molecular weight is 506 g/mol. The molecule has 0 aliphatic carbocycles. The molecule has 2 aromatic carbocycles. The molecular formula is C21H14ClF6N3O3. The lowest BCUT2D eigenvalue weighted by atomic mass is 10.1. The summed E-state index contributed by atoms with van der Waals surface area (Å²) in [6.45, 7) is 0.881. The molecule has 0 bridgehead atoms. The molecule has 0 fully saturated rings. The minimum Gasteiger partial charge on any atom is -0.478 e. The maximum Gasteiger partial charge on any atom is 0.435 e. The number of carboxylic acid groups (broad SMARTS) is 1. The van der Waals surface area contributed by atoms with E-state index in [1.54, 1.807) is 0 Å². The summed E-state index contributed by atoms with van der Waals surface area (Å²) in [5.41, 5.74) is -3.13. The summed E-state index contributed by atoms with van der Waals surface area (Å²) < 4.78 is 78.4. The van der Waals surface area contributed by atoms with E-state index in [0.29, 0.717) is 5.56 Å². The van der Waals surface area contributed by atoms with Crippen LogP contribution >= 0.6 is 11.6 Å². The van der Waals surface area contributed by atoms with Crippen LogP contribution in [0.4, 0.5) is 32.0 Å². The van der Waals surface area contributed by atoms with Crippen LogP contribution in [-0.4, -0.2) is 26.8 Å². The highest BCUT2D eigenvalue weighted by Crippen LogP contribution is 2.35. The van der Waals surface area contributed by atoms with Gasteiger partial charge in [0.05, 0.1) is 22.7 Å². The van der Waals surface area contributed by atoms with Crippen molar-refractivity contribution in [3.63, 3.8) is 0 Å². The Morgan fingerprint density at radius 2 is 1.74 bits per heavy atom. The Morgan fingerprint density at radius 3 is 2.29 bits per heavy atom.